The molecule has 1 aromatic heterocycles. The second-order valence-corrected chi connectivity index (χ2v) is 8.40. The molecule has 2 rings (SSSR count). The third-order valence-electron chi connectivity index (χ3n) is 3.84. The van der Waals surface area contributed by atoms with E-state index >= 15 is 0 Å². The number of ether oxygens (including phenoxy) is 1. The molecule has 0 saturated carbocycles. The lowest BCUT2D eigenvalue weighted by Gasteiger charge is -2.31. The van der Waals surface area contributed by atoms with E-state index in [0.29, 0.717) is 0 Å². The van der Waals surface area contributed by atoms with Crippen molar-refractivity contribution in [3.05, 3.63) is 33.1 Å². The molecule has 13 nitrogen and oxygen atoms in total. The highest BCUT2D eigenvalue weighted by atomic mass is 31.3. The Morgan fingerprint density at radius 1 is 1.38 bits per heavy atom. The Hall–Kier alpha value is -1.14. The van der Waals surface area contributed by atoms with Gasteiger partial charge < -0.3 is 24.5 Å². The number of rotatable bonds is 7. The molecule has 0 amide bonds. The van der Waals surface area contributed by atoms with Crippen LogP contribution in [0.15, 0.2) is 21.9 Å². The number of aliphatic hydroxyl groups excluding tert-OH is 1. The maximum Gasteiger partial charge on any atom is 0.481 e. The first kappa shape index (κ1) is 21.2. The molecule has 1 aliphatic rings. The van der Waals surface area contributed by atoms with Gasteiger partial charge in [0.2, 0.25) is 0 Å². The fourth-order valence-electron chi connectivity index (χ4n) is 2.53. The highest BCUT2D eigenvalue weighted by Gasteiger charge is 2.49. The van der Waals surface area contributed by atoms with E-state index in [1.165, 1.54) is 6.20 Å². The summed E-state index contributed by atoms with van der Waals surface area (Å²) in [7, 11) is -10.4. The summed E-state index contributed by atoms with van der Waals surface area (Å²) < 4.78 is 37.1. The topological polar surface area (TPSA) is 198 Å². The zero-order valence-electron chi connectivity index (χ0n) is 13.4. The molecule has 0 bridgehead atoms. The molecule has 1 aromatic rings. The number of nitrogens with one attached hydrogen (secondary N) is 1. The minimum Gasteiger partial charge on any atom is -0.390 e. The third kappa shape index (κ3) is 4.97. The Morgan fingerprint density at radius 3 is 2.58 bits per heavy atom. The summed E-state index contributed by atoms with van der Waals surface area (Å²) in [5.41, 5.74) is -2.94. The van der Waals surface area contributed by atoms with E-state index in [-0.39, 0.29) is 12.8 Å². The molecule has 148 valence electrons. The van der Waals surface area contributed by atoms with E-state index < -0.39 is 51.4 Å². The number of aromatic amines is 1. The largest absolute Gasteiger partial charge is 0.481 e. The molecule has 5 N–H and O–H groups in total. The van der Waals surface area contributed by atoms with E-state index in [4.69, 9.17) is 14.5 Å². The predicted octanol–water partition coefficient (Wildman–Crippen LogP) is -0.809. The van der Waals surface area contributed by atoms with Gasteiger partial charge in [0, 0.05) is 18.7 Å². The summed E-state index contributed by atoms with van der Waals surface area (Å²) in [5.74, 6) is 0. The van der Waals surface area contributed by atoms with Crippen LogP contribution in [-0.4, -0.2) is 47.6 Å². The Morgan fingerprint density at radius 2 is 2.04 bits per heavy atom. The molecule has 2 heterocycles. The average molecular weight is 416 g/mol. The summed E-state index contributed by atoms with van der Waals surface area (Å²) in [6, 6.07) is 1.08. The SMILES string of the molecule is CC[C@]1(COP(=O)(O)OP(=O)(O)O)O[C@@H](n2ccc(=O)[nH]c2=O)C[C@@H]1O. The first-order chi connectivity index (χ1) is 11.9. The van der Waals surface area contributed by atoms with E-state index in [1.807, 2.05) is 4.98 Å². The van der Waals surface area contributed by atoms with Crippen LogP contribution in [0.5, 0.6) is 0 Å². The van der Waals surface area contributed by atoms with Gasteiger partial charge in [0.05, 0.1) is 12.7 Å². The van der Waals surface area contributed by atoms with Crippen LogP contribution in [-0.2, 0) is 22.7 Å². The molecule has 1 saturated heterocycles. The van der Waals surface area contributed by atoms with Gasteiger partial charge in [-0.1, -0.05) is 6.92 Å². The number of H-pyrrole nitrogens is 1. The Labute approximate surface area is 146 Å². The second-order valence-electron chi connectivity index (χ2n) is 5.57. The van der Waals surface area contributed by atoms with Crippen LogP contribution in [0.3, 0.4) is 0 Å². The van der Waals surface area contributed by atoms with Gasteiger partial charge in [0.25, 0.3) is 5.56 Å². The zero-order valence-corrected chi connectivity index (χ0v) is 15.2. The lowest BCUT2D eigenvalue weighted by atomic mass is 9.95. The molecule has 0 spiro atoms. The summed E-state index contributed by atoms with van der Waals surface area (Å²) >= 11 is 0. The van der Waals surface area contributed by atoms with Gasteiger partial charge in [-0.3, -0.25) is 18.9 Å². The molecule has 0 radical (unpaired) electrons. The smallest absolute Gasteiger partial charge is 0.390 e. The number of phosphoric acid groups is 2. The molecular weight excluding hydrogens is 398 g/mol. The Balaban J connectivity index is 2.18. The van der Waals surface area contributed by atoms with Crippen molar-refractivity contribution in [3.63, 3.8) is 0 Å². The first-order valence-electron chi connectivity index (χ1n) is 7.29. The monoisotopic (exact) mass is 416 g/mol. The number of phosphoric ester groups is 1. The zero-order chi connectivity index (χ0) is 19.8. The van der Waals surface area contributed by atoms with E-state index in [1.54, 1.807) is 6.92 Å². The number of aromatic nitrogens is 2. The van der Waals surface area contributed by atoms with Crippen molar-refractivity contribution in [1.29, 1.82) is 0 Å². The van der Waals surface area contributed by atoms with E-state index in [0.717, 1.165) is 10.6 Å². The second kappa shape index (κ2) is 7.47. The summed E-state index contributed by atoms with van der Waals surface area (Å²) in [4.78, 5) is 51.5. The van der Waals surface area contributed by atoms with Crippen molar-refractivity contribution in [3.8, 4) is 0 Å². The van der Waals surface area contributed by atoms with Crippen molar-refractivity contribution in [2.45, 2.75) is 37.7 Å². The molecule has 0 aliphatic carbocycles. The van der Waals surface area contributed by atoms with Gasteiger partial charge in [-0.2, -0.15) is 4.31 Å². The minimum absolute atomic E-state index is 0.0681. The molecule has 4 atom stereocenters. The van der Waals surface area contributed by atoms with E-state index in [9.17, 15) is 28.7 Å². The highest BCUT2D eigenvalue weighted by Crippen LogP contribution is 2.58. The maximum atomic E-state index is 11.8. The number of aliphatic hydroxyl groups is 1. The maximum absolute atomic E-state index is 11.8. The quantitative estimate of drug-likeness (QED) is 0.348. The van der Waals surface area contributed by atoms with Crippen LogP contribution in [0.4, 0.5) is 0 Å². The Bertz CT molecular complexity index is 860. The molecule has 1 fully saturated rings. The summed E-state index contributed by atoms with van der Waals surface area (Å²) in [5, 5.41) is 10.3. The molecular formula is C11H18N2O11P2. The summed E-state index contributed by atoms with van der Waals surface area (Å²) in [6.45, 7) is 0.823. The van der Waals surface area contributed by atoms with Crippen molar-refractivity contribution >= 4 is 15.6 Å². The van der Waals surface area contributed by atoms with Gasteiger partial charge in [-0.25, -0.2) is 13.9 Å². The standard InChI is InChI=1S/C11H18N2O11P2/c1-2-11(6-22-26(20,21)24-25(17,18)19)7(14)5-9(23-11)13-4-3-8(15)12-10(13)16/h3-4,7,9,14H,2,5-6H2,1H3,(H,20,21)(H,12,15,16)(H2,17,18,19)/t7-,9+,11+/m0/s1. The van der Waals surface area contributed by atoms with Crippen molar-refractivity contribution in [2.75, 3.05) is 6.61 Å². The lowest BCUT2D eigenvalue weighted by Crippen LogP contribution is -2.43. The predicted molar refractivity (Wildman–Crippen MR) is 84.0 cm³/mol. The van der Waals surface area contributed by atoms with Crippen molar-refractivity contribution in [1.82, 2.24) is 9.55 Å². The molecule has 26 heavy (non-hydrogen) atoms. The van der Waals surface area contributed by atoms with Gasteiger partial charge >= 0.3 is 21.3 Å². The fraction of sp³-hybridized carbons (Fsp3) is 0.636. The third-order valence-corrected chi connectivity index (χ3v) is 5.98. The molecule has 0 aromatic carbocycles. The van der Waals surface area contributed by atoms with Gasteiger partial charge in [0.15, 0.2) is 0 Å². The van der Waals surface area contributed by atoms with Crippen LogP contribution in [0.25, 0.3) is 0 Å². The van der Waals surface area contributed by atoms with Gasteiger partial charge in [0.1, 0.15) is 11.8 Å². The van der Waals surface area contributed by atoms with Crippen molar-refractivity contribution < 1.29 is 42.5 Å². The Kier molecular flexibility index (Phi) is 6.08. The molecule has 1 unspecified atom stereocenters. The number of nitrogens with zero attached hydrogens (tertiary/aromatic N) is 1. The van der Waals surface area contributed by atoms with Gasteiger partial charge in [-0.05, 0) is 6.42 Å². The van der Waals surface area contributed by atoms with Crippen LogP contribution in [0.2, 0.25) is 0 Å². The molecule has 15 heteroatoms. The van der Waals surface area contributed by atoms with Gasteiger partial charge in [-0.15, -0.1) is 0 Å². The minimum atomic E-state index is -5.29. The average Bonchev–Trinajstić information content (AvgIpc) is 2.80. The highest BCUT2D eigenvalue weighted by molar-refractivity contribution is 7.60. The van der Waals surface area contributed by atoms with Crippen molar-refractivity contribution in [2.24, 2.45) is 0 Å². The van der Waals surface area contributed by atoms with Crippen LogP contribution < -0.4 is 11.2 Å². The first-order valence-corrected chi connectivity index (χ1v) is 10.3. The summed E-state index contributed by atoms with van der Waals surface area (Å²) in [6.07, 6.45) is -1.11. The van der Waals surface area contributed by atoms with Crippen LogP contribution >= 0.6 is 15.6 Å². The van der Waals surface area contributed by atoms with E-state index in [2.05, 4.69) is 8.83 Å². The fourth-order valence-corrected chi connectivity index (χ4v) is 4.17. The lowest BCUT2D eigenvalue weighted by molar-refractivity contribution is -0.128. The van der Waals surface area contributed by atoms with Crippen LogP contribution in [0.1, 0.15) is 26.0 Å². The van der Waals surface area contributed by atoms with Crippen LogP contribution in [0, 0.1) is 0 Å². The normalized spacial score (nSPS) is 28.8. The number of hydrogen-bond donors (Lipinski definition) is 5. The molecule has 1 aliphatic heterocycles. The number of hydrogen-bond acceptors (Lipinski definition) is 8.